The molecule has 0 saturated heterocycles. The molecule has 0 unspecified atom stereocenters. The van der Waals surface area contributed by atoms with Crippen LogP contribution in [0.1, 0.15) is 22.3 Å². The molecule has 0 atom stereocenters. The largest absolute Gasteiger partial charge is 0.416 e. The van der Waals surface area contributed by atoms with Crippen molar-refractivity contribution in [3.05, 3.63) is 70.8 Å². The molecule has 0 saturated carbocycles. The van der Waals surface area contributed by atoms with Crippen molar-refractivity contribution in [3.8, 4) is 0 Å². The van der Waals surface area contributed by atoms with Gasteiger partial charge in [0, 0.05) is 0 Å². The normalized spacial score (nSPS) is 13.8. The molecule has 0 aromatic heterocycles. The summed E-state index contributed by atoms with van der Waals surface area (Å²) in [5.74, 6) is 0. The van der Waals surface area contributed by atoms with Crippen LogP contribution in [0.25, 0.3) is 0 Å². The van der Waals surface area contributed by atoms with Gasteiger partial charge in [-0.3, -0.25) is 0 Å². The molecule has 0 heterocycles. The fourth-order valence-corrected chi connectivity index (χ4v) is 3.04. The highest BCUT2D eigenvalue weighted by Gasteiger charge is 2.50. The van der Waals surface area contributed by atoms with Crippen LogP contribution in [0.4, 0.5) is 26.3 Å². The summed E-state index contributed by atoms with van der Waals surface area (Å²) in [4.78, 5) is 0. The molecule has 0 aliphatic heterocycles. The van der Waals surface area contributed by atoms with E-state index in [1.54, 1.807) is 0 Å². The lowest BCUT2D eigenvalue weighted by Gasteiger charge is -2.34. The van der Waals surface area contributed by atoms with E-state index in [2.05, 4.69) is 0 Å². The first-order valence-electron chi connectivity index (χ1n) is 6.78. The molecule has 2 aromatic carbocycles. The summed E-state index contributed by atoms with van der Waals surface area (Å²) in [5.41, 5.74) is -1.98. The molecule has 2 rings (SSSR count). The molecule has 26 heavy (non-hydrogen) atoms. The highest BCUT2D eigenvalue weighted by atomic mass is 35.5. The van der Waals surface area contributed by atoms with Crippen LogP contribution in [-0.4, -0.2) is 0 Å². The Balaban J connectivity index is 2.40. The van der Waals surface area contributed by atoms with E-state index in [0.717, 1.165) is 48.5 Å². The molecule has 0 fully saturated rings. The summed E-state index contributed by atoms with van der Waals surface area (Å²) in [6.07, 6.45) is -9.13. The highest BCUT2D eigenvalue weighted by Crippen LogP contribution is 2.56. The zero-order chi connectivity index (χ0) is 20.0. The van der Waals surface area contributed by atoms with Gasteiger partial charge in [0.1, 0.15) is 0 Å². The van der Waals surface area contributed by atoms with E-state index in [1.807, 2.05) is 0 Å². The van der Waals surface area contributed by atoms with Crippen molar-refractivity contribution in [2.45, 2.75) is 21.0 Å². The average Bonchev–Trinajstić information content (AvgIpc) is 2.53. The van der Waals surface area contributed by atoms with E-state index >= 15 is 0 Å². The van der Waals surface area contributed by atoms with Gasteiger partial charge >= 0.3 is 12.4 Å². The van der Waals surface area contributed by atoms with Crippen LogP contribution >= 0.6 is 46.4 Å². The number of hydrogen-bond donors (Lipinski definition) is 0. The molecule has 142 valence electrons. The average molecular weight is 456 g/mol. The summed E-state index contributed by atoms with van der Waals surface area (Å²) in [7, 11) is 0. The number of rotatable bonds is 3. The summed E-state index contributed by atoms with van der Waals surface area (Å²) in [6.45, 7) is 0. The number of benzene rings is 2. The van der Waals surface area contributed by atoms with Crippen LogP contribution in [0.15, 0.2) is 48.5 Å². The van der Waals surface area contributed by atoms with E-state index < -0.39 is 32.1 Å². The van der Waals surface area contributed by atoms with Crippen LogP contribution < -0.4 is 0 Å². The predicted molar refractivity (Wildman–Crippen MR) is 89.7 cm³/mol. The van der Waals surface area contributed by atoms with Crippen LogP contribution in [-0.2, 0) is 21.0 Å². The lowest BCUT2D eigenvalue weighted by Crippen LogP contribution is -2.31. The smallest absolute Gasteiger partial charge is 0.166 e. The molecule has 0 aliphatic carbocycles. The van der Waals surface area contributed by atoms with Gasteiger partial charge in [0.25, 0.3) is 0 Å². The van der Waals surface area contributed by atoms with Gasteiger partial charge in [0.15, 0.2) is 8.67 Å². The fourth-order valence-electron chi connectivity index (χ4n) is 2.10. The Hall–Kier alpha value is -0.820. The molecule has 0 aliphatic rings. The van der Waals surface area contributed by atoms with Gasteiger partial charge in [0.05, 0.1) is 11.1 Å². The Bertz CT molecular complexity index is 694. The molecule has 0 bridgehead atoms. The first-order valence-corrected chi connectivity index (χ1v) is 8.29. The summed E-state index contributed by atoms with van der Waals surface area (Å²) in [5, 5.41) is 0. The van der Waals surface area contributed by atoms with Crippen molar-refractivity contribution in [2.24, 2.45) is 0 Å². The SMILES string of the molecule is FC(F)(F)c1ccc(C(Cl)(Cl)C(Cl)(Cl)c2ccc(C(F)(F)F)cc2)cc1. The summed E-state index contributed by atoms with van der Waals surface area (Å²) < 4.78 is 71.6. The van der Waals surface area contributed by atoms with Crippen molar-refractivity contribution >= 4 is 46.4 Å². The van der Waals surface area contributed by atoms with Gasteiger partial charge in [-0.15, -0.1) is 0 Å². The van der Waals surface area contributed by atoms with Gasteiger partial charge < -0.3 is 0 Å². The maximum Gasteiger partial charge on any atom is 0.416 e. The third-order valence-corrected chi connectivity index (χ3v) is 5.94. The fraction of sp³-hybridized carbons (Fsp3) is 0.250. The van der Waals surface area contributed by atoms with Gasteiger partial charge in [0.2, 0.25) is 0 Å². The van der Waals surface area contributed by atoms with Gasteiger partial charge in [-0.2, -0.15) is 26.3 Å². The quantitative estimate of drug-likeness (QED) is 0.328. The molecule has 0 spiro atoms. The number of alkyl halides is 10. The van der Waals surface area contributed by atoms with Crippen molar-refractivity contribution in [1.82, 2.24) is 0 Å². The highest BCUT2D eigenvalue weighted by molar-refractivity contribution is 6.61. The molecule has 2 aromatic rings. The Morgan fingerprint density at radius 1 is 0.423 bits per heavy atom. The minimum atomic E-state index is -4.56. The molecular formula is C16H8Cl4F6. The topological polar surface area (TPSA) is 0 Å². The van der Waals surface area contributed by atoms with E-state index in [-0.39, 0.29) is 11.1 Å². The summed E-state index contributed by atoms with van der Waals surface area (Å²) >= 11 is 24.7. The van der Waals surface area contributed by atoms with Crippen LogP contribution in [0, 0.1) is 0 Å². The molecule has 10 heteroatoms. The van der Waals surface area contributed by atoms with Gasteiger partial charge in [-0.25, -0.2) is 0 Å². The van der Waals surface area contributed by atoms with Crippen LogP contribution in [0.2, 0.25) is 0 Å². The monoisotopic (exact) mass is 454 g/mol. The van der Waals surface area contributed by atoms with Gasteiger partial charge in [-0.05, 0) is 35.4 Å². The second-order valence-corrected chi connectivity index (χ2v) is 7.95. The second-order valence-electron chi connectivity index (χ2n) is 5.30. The Morgan fingerprint density at radius 3 is 0.808 bits per heavy atom. The number of halogens is 10. The van der Waals surface area contributed by atoms with E-state index in [4.69, 9.17) is 46.4 Å². The first kappa shape index (κ1) is 21.5. The van der Waals surface area contributed by atoms with Crippen molar-refractivity contribution in [1.29, 1.82) is 0 Å². The maximum absolute atomic E-state index is 12.6. The zero-order valence-corrected chi connectivity index (χ0v) is 15.4. The lowest BCUT2D eigenvalue weighted by atomic mass is 9.99. The van der Waals surface area contributed by atoms with Crippen molar-refractivity contribution in [3.63, 3.8) is 0 Å². The van der Waals surface area contributed by atoms with Crippen molar-refractivity contribution in [2.75, 3.05) is 0 Å². The second kappa shape index (κ2) is 6.97. The maximum atomic E-state index is 12.6. The van der Waals surface area contributed by atoms with Crippen LogP contribution in [0.3, 0.4) is 0 Å². The van der Waals surface area contributed by atoms with E-state index in [1.165, 1.54) is 0 Å². The lowest BCUT2D eigenvalue weighted by molar-refractivity contribution is -0.138. The van der Waals surface area contributed by atoms with Gasteiger partial charge in [-0.1, -0.05) is 70.7 Å². The summed E-state index contributed by atoms with van der Waals surface area (Å²) in [6, 6.07) is 6.94. The Morgan fingerprint density at radius 2 is 0.615 bits per heavy atom. The van der Waals surface area contributed by atoms with E-state index in [9.17, 15) is 26.3 Å². The number of hydrogen-bond acceptors (Lipinski definition) is 0. The van der Waals surface area contributed by atoms with E-state index in [0.29, 0.717) is 0 Å². The third kappa shape index (κ3) is 4.19. The van der Waals surface area contributed by atoms with Crippen LogP contribution in [0.5, 0.6) is 0 Å². The first-order chi connectivity index (χ1) is 11.7. The molecular weight excluding hydrogens is 448 g/mol. The molecule has 0 nitrogen and oxygen atoms in total. The third-order valence-electron chi connectivity index (χ3n) is 3.54. The van der Waals surface area contributed by atoms with Crippen molar-refractivity contribution < 1.29 is 26.3 Å². The molecule has 0 N–H and O–H groups in total. The minimum Gasteiger partial charge on any atom is -0.166 e. The molecule has 0 radical (unpaired) electrons. The Labute approximate surface area is 164 Å². The standard InChI is InChI=1S/C16H8Cl4F6/c17-13(18,9-1-5-11(6-2-9)15(21,22)23)14(19,20)10-3-7-12(8-4-10)16(24,25)26/h1-8H. The predicted octanol–water partition coefficient (Wildman–Crippen LogP) is 7.69. The Kier molecular flexibility index (Phi) is 5.76. The zero-order valence-electron chi connectivity index (χ0n) is 12.4. The molecule has 0 amide bonds. The minimum absolute atomic E-state index is 0.0567.